The highest BCUT2D eigenvalue weighted by molar-refractivity contribution is 7.07. The monoisotopic (exact) mass is 569 g/mol. The average Bonchev–Trinajstić information content (AvgIpc) is 3.36. The normalized spacial score (nSPS) is 11.0. The third-order valence-electron chi connectivity index (χ3n) is 7.05. The molecular weight excluding hydrogens is 523 g/mol. The minimum Gasteiger partial charge on any atom is -0.487 e. The molecule has 0 saturated heterocycles. The molecule has 40 heavy (non-hydrogen) atoms. The molecule has 3 aromatic rings. The van der Waals surface area contributed by atoms with E-state index in [0.717, 1.165) is 29.8 Å². The lowest BCUT2D eigenvalue weighted by atomic mass is 10.1. The Morgan fingerprint density at radius 2 is 1.55 bits per heavy atom. The summed E-state index contributed by atoms with van der Waals surface area (Å²) < 4.78 is 28.1. The molecule has 218 valence electrons. The molecule has 0 radical (unpaired) electrons. The third kappa shape index (κ3) is 11.3. The number of para-hydroxylation sites is 2. The number of ether oxygens (including phenoxy) is 2. The molecule has 2 aromatic carbocycles. The zero-order valence-corrected chi connectivity index (χ0v) is 25.1. The molecule has 1 amide bonds. The fraction of sp³-hybridized carbons (Fsp3) is 0.515. The van der Waals surface area contributed by atoms with E-state index in [1.165, 1.54) is 70.3 Å². The molecule has 0 bridgehead atoms. The molecule has 0 aliphatic rings. The minimum atomic E-state index is -0.481. The number of unbranched alkanes of at least 4 members (excludes halogenated alkanes) is 11. The highest BCUT2D eigenvalue weighted by Gasteiger charge is 2.16. The number of aryl methyl sites for hydroxylation is 1. The van der Waals surface area contributed by atoms with Gasteiger partial charge in [-0.05, 0) is 24.6 Å². The van der Waals surface area contributed by atoms with Gasteiger partial charge in [0.05, 0.1) is 17.7 Å². The van der Waals surface area contributed by atoms with Crippen molar-refractivity contribution < 1.29 is 23.2 Å². The van der Waals surface area contributed by atoms with Gasteiger partial charge in [0.25, 0.3) is 5.91 Å². The summed E-state index contributed by atoms with van der Waals surface area (Å²) in [7, 11) is 0. The molecule has 7 heteroatoms. The summed E-state index contributed by atoms with van der Waals surface area (Å²) in [5.74, 6) is -0.476. The quantitative estimate of drug-likeness (QED) is 0.109. The van der Waals surface area contributed by atoms with E-state index in [9.17, 15) is 9.18 Å². The molecule has 0 spiro atoms. The van der Waals surface area contributed by atoms with Crippen LogP contribution >= 0.6 is 11.3 Å². The summed E-state index contributed by atoms with van der Waals surface area (Å²) in [6.45, 7) is 5.16. The van der Waals surface area contributed by atoms with Crippen molar-refractivity contribution in [1.29, 1.82) is 0 Å². The summed E-state index contributed by atoms with van der Waals surface area (Å²) in [6.07, 6.45) is 15.1. The Balaban J connectivity index is 1.37. The Bertz CT molecular complexity index is 1150. The van der Waals surface area contributed by atoms with Crippen molar-refractivity contribution in [2.45, 2.75) is 97.4 Å². The maximum atomic E-state index is 14.5. The molecule has 1 N–H and O–H groups in total. The number of aromatic nitrogens is 1. The number of carbonyl (C=O) groups excluding carboxylic acids is 1. The SMILES string of the molecule is CCCCCCCCCCCCCCOc1c(F)cccc1OCC(=O)Nc1ccccc1C[n+]1cscc1C. The fourth-order valence-electron chi connectivity index (χ4n) is 4.67. The molecule has 0 fully saturated rings. The number of nitrogens with one attached hydrogen (secondary N) is 1. The van der Waals surface area contributed by atoms with Crippen molar-refractivity contribution in [3.8, 4) is 11.5 Å². The van der Waals surface area contributed by atoms with Gasteiger partial charge in [-0.3, -0.25) is 4.79 Å². The van der Waals surface area contributed by atoms with Crippen LogP contribution in [0, 0.1) is 12.7 Å². The van der Waals surface area contributed by atoms with E-state index in [-0.39, 0.29) is 24.0 Å². The zero-order valence-electron chi connectivity index (χ0n) is 24.3. The van der Waals surface area contributed by atoms with Gasteiger partial charge in [0.2, 0.25) is 5.51 Å². The molecule has 1 heterocycles. The predicted molar refractivity (Wildman–Crippen MR) is 162 cm³/mol. The maximum absolute atomic E-state index is 14.5. The molecule has 3 rings (SSSR count). The van der Waals surface area contributed by atoms with Gasteiger partial charge in [0.1, 0.15) is 0 Å². The number of hydrogen-bond donors (Lipinski definition) is 1. The Kier molecular flexibility index (Phi) is 14.6. The number of benzene rings is 2. The fourth-order valence-corrected chi connectivity index (χ4v) is 5.45. The number of anilines is 1. The van der Waals surface area contributed by atoms with Crippen LogP contribution in [0.4, 0.5) is 10.1 Å². The standard InChI is InChI=1S/C33H45FN2O3S/c1-3-4-5-6-7-8-9-10-11-12-13-16-22-38-33-29(34)19-17-21-31(33)39-24-32(37)35-30-20-15-14-18-28(30)23-36-26-40-25-27(36)2/h14-15,17-21,25-26H,3-13,16,22-24H2,1-2H3/p+1. The van der Waals surface area contributed by atoms with Gasteiger partial charge in [-0.1, -0.05) is 113 Å². The van der Waals surface area contributed by atoms with Crippen LogP contribution in [0.25, 0.3) is 0 Å². The third-order valence-corrected chi connectivity index (χ3v) is 7.90. The first-order valence-corrected chi connectivity index (χ1v) is 15.9. The van der Waals surface area contributed by atoms with Crippen LogP contribution in [0.3, 0.4) is 0 Å². The number of amides is 1. The van der Waals surface area contributed by atoms with Gasteiger partial charge < -0.3 is 14.8 Å². The maximum Gasteiger partial charge on any atom is 0.262 e. The summed E-state index contributed by atoms with van der Waals surface area (Å²) >= 11 is 1.64. The molecule has 0 saturated carbocycles. The lowest BCUT2D eigenvalue weighted by Crippen LogP contribution is -2.35. The van der Waals surface area contributed by atoms with Crippen molar-refractivity contribution >= 4 is 22.9 Å². The second-order valence-corrected chi connectivity index (χ2v) is 11.1. The number of halogens is 1. The van der Waals surface area contributed by atoms with Gasteiger partial charge in [0.15, 0.2) is 36.2 Å². The summed E-state index contributed by atoms with van der Waals surface area (Å²) in [6, 6.07) is 12.3. The topological polar surface area (TPSA) is 51.4 Å². The smallest absolute Gasteiger partial charge is 0.262 e. The van der Waals surface area contributed by atoms with E-state index in [1.807, 2.05) is 24.3 Å². The van der Waals surface area contributed by atoms with E-state index in [1.54, 1.807) is 23.5 Å². The first-order chi connectivity index (χ1) is 19.6. The van der Waals surface area contributed by atoms with Gasteiger partial charge in [-0.2, -0.15) is 4.57 Å². The van der Waals surface area contributed by atoms with Gasteiger partial charge >= 0.3 is 0 Å². The Morgan fingerprint density at radius 1 is 0.875 bits per heavy atom. The molecule has 0 atom stereocenters. The summed E-state index contributed by atoms with van der Waals surface area (Å²) in [5.41, 5.74) is 4.95. The Morgan fingerprint density at radius 3 is 2.23 bits per heavy atom. The van der Waals surface area contributed by atoms with Crippen molar-refractivity contribution in [3.05, 3.63) is 70.4 Å². The predicted octanol–water partition coefficient (Wildman–Crippen LogP) is 8.63. The van der Waals surface area contributed by atoms with Crippen LogP contribution in [0.5, 0.6) is 11.5 Å². The van der Waals surface area contributed by atoms with Gasteiger partial charge in [-0.25, -0.2) is 4.39 Å². The minimum absolute atomic E-state index is 0.0723. The first-order valence-electron chi connectivity index (χ1n) is 14.9. The van der Waals surface area contributed by atoms with E-state index in [2.05, 4.69) is 34.6 Å². The highest BCUT2D eigenvalue weighted by Crippen LogP contribution is 2.30. The Labute approximate surface area is 243 Å². The number of thiazole rings is 1. The van der Waals surface area contributed by atoms with Crippen LogP contribution in [0.1, 0.15) is 95.2 Å². The van der Waals surface area contributed by atoms with Crippen LogP contribution in [0.2, 0.25) is 0 Å². The Hall–Kier alpha value is -2.93. The molecule has 5 nitrogen and oxygen atoms in total. The van der Waals surface area contributed by atoms with Crippen molar-refractivity contribution in [2.75, 3.05) is 18.5 Å². The summed E-state index contributed by atoms with van der Waals surface area (Å²) in [5, 5.41) is 5.02. The van der Waals surface area contributed by atoms with E-state index in [0.29, 0.717) is 13.2 Å². The van der Waals surface area contributed by atoms with Gasteiger partial charge in [-0.15, -0.1) is 0 Å². The lowest BCUT2D eigenvalue weighted by Gasteiger charge is -2.14. The number of rotatable bonds is 20. The largest absolute Gasteiger partial charge is 0.487 e. The van der Waals surface area contributed by atoms with Crippen LogP contribution in [-0.4, -0.2) is 19.1 Å². The van der Waals surface area contributed by atoms with Crippen molar-refractivity contribution in [3.63, 3.8) is 0 Å². The molecular formula is C33H46FN2O3S+. The lowest BCUT2D eigenvalue weighted by molar-refractivity contribution is -0.689. The van der Waals surface area contributed by atoms with Gasteiger partial charge in [0, 0.05) is 12.5 Å². The average molecular weight is 570 g/mol. The van der Waals surface area contributed by atoms with Crippen LogP contribution in [-0.2, 0) is 11.3 Å². The highest BCUT2D eigenvalue weighted by atomic mass is 32.1. The second kappa shape index (κ2) is 18.4. The summed E-state index contributed by atoms with van der Waals surface area (Å²) in [4.78, 5) is 12.7. The number of nitrogens with zero attached hydrogens (tertiary/aromatic N) is 1. The van der Waals surface area contributed by atoms with Crippen molar-refractivity contribution in [2.24, 2.45) is 0 Å². The first kappa shape index (κ1) is 31.6. The van der Waals surface area contributed by atoms with E-state index >= 15 is 0 Å². The van der Waals surface area contributed by atoms with Crippen molar-refractivity contribution in [1.82, 2.24) is 0 Å². The second-order valence-electron chi connectivity index (χ2n) is 10.4. The van der Waals surface area contributed by atoms with E-state index < -0.39 is 5.82 Å². The molecule has 0 unspecified atom stereocenters. The van der Waals surface area contributed by atoms with E-state index in [4.69, 9.17) is 9.47 Å². The molecule has 0 aliphatic heterocycles. The molecule has 1 aromatic heterocycles. The molecule has 0 aliphatic carbocycles. The van der Waals surface area contributed by atoms with Crippen LogP contribution < -0.4 is 19.4 Å². The number of carbonyl (C=O) groups is 1. The van der Waals surface area contributed by atoms with Crippen LogP contribution in [0.15, 0.2) is 53.4 Å². The zero-order chi connectivity index (χ0) is 28.4. The number of hydrogen-bond acceptors (Lipinski definition) is 4.